The SMILES string of the molecule is CC(=O)C(Br)c1cc(Br)ccc1Cl. The number of hydrogen-bond acceptors (Lipinski definition) is 1. The smallest absolute Gasteiger partial charge is 0.147 e. The summed E-state index contributed by atoms with van der Waals surface area (Å²) in [7, 11) is 0. The monoisotopic (exact) mass is 324 g/mol. The van der Waals surface area contributed by atoms with Gasteiger partial charge >= 0.3 is 0 Å². The van der Waals surface area contributed by atoms with E-state index in [4.69, 9.17) is 11.6 Å². The summed E-state index contributed by atoms with van der Waals surface area (Å²) in [5.41, 5.74) is 0.795. The molecule has 1 unspecified atom stereocenters. The molecule has 1 nitrogen and oxygen atoms in total. The molecule has 0 fully saturated rings. The molecule has 1 aromatic rings. The Hall–Kier alpha value is 0.140. The molecule has 0 bridgehead atoms. The van der Waals surface area contributed by atoms with E-state index in [1.54, 1.807) is 6.07 Å². The highest BCUT2D eigenvalue weighted by Crippen LogP contribution is 2.32. The molecule has 0 radical (unpaired) electrons. The van der Waals surface area contributed by atoms with E-state index in [1.165, 1.54) is 6.92 Å². The van der Waals surface area contributed by atoms with Crippen LogP contribution in [0.3, 0.4) is 0 Å². The average Bonchev–Trinajstić information content (AvgIpc) is 2.08. The number of Topliss-reactive ketones (excluding diaryl/α,β-unsaturated/α-hetero) is 1. The standard InChI is InChI=1S/C9H7Br2ClO/c1-5(13)9(11)7-4-6(10)2-3-8(7)12/h2-4,9H,1H3. The number of halogens is 3. The Bertz CT molecular complexity index is 338. The fraction of sp³-hybridized carbons (Fsp3) is 0.222. The fourth-order valence-electron chi connectivity index (χ4n) is 0.928. The second-order valence-corrected chi connectivity index (χ2v) is 4.88. The van der Waals surface area contributed by atoms with Crippen LogP contribution in [0.2, 0.25) is 5.02 Å². The lowest BCUT2D eigenvalue weighted by atomic mass is 10.1. The van der Waals surface area contributed by atoms with Crippen LogP contribution < -0.4 is 0 Å². The lowest BCUT2D eigenvalue weighted by molar-refractivity contribution is -0.116. The summed E-state index contributed by atoms with van der Waals surface area (Å²) < 4.78 is 0.914. The van der Waals surface area contributed by atoms with Gasteiger partial charge in [0.15, 0.2) is 0 Å². The van der Waals surface area contributed by atoms with Crippen LogP contribution in [-0.4, -0.2) is 5.78 Å². The van der Waals surface area contributed by atoms with Crippen molar-refractivity contribution in [2.75, 3.05) is 0 Å². The average molecular weight is 326 g/mol. The maximum atomic E-state index is 11.1. The number of rotatable bonds is 2. The molecule has 4 heteroatoms. The number of carbonyl (C=O) groups is 1. The van der Waals surface area contributed by atoms with Gasteiger partial charge in [-0.2, -0.15) is 0 Å². The third-order valence-electron chi connectivity index (χ3n) is 1.59. The van der Waals surface area contributed by atoms with E-state index in [2.05, 4.69) is 31.9 Å². The molecule has 0 aliphatic rings. The van der Waals surface area contributed by atoms with Crippen molar-refractivity contribution in [1.82, 2.24) is 0 Å². The van der Waals surface area contributed by atoms with Gasteiger partial charge in [0.2, 0.25) is 0 Å². The van der Waals surface area contributed by atoms with Crippen molar-refractivity contribution in [3.8, 4) is 0 Å². The van der Waals surface area contributed by atoms with Crippen LogP contribution in [0.1, 0.15) is 17.3 Å². The van der Waals surface area contributed by atoms with Crippen molar-refractivity contribution in [2.24, 2.45) is 0 Å². The summed E-state index contributed by atoms with van der Waals surface area (Å²) in [6, 6.07) is 5.44. The zero-order valence-electron chi connectivity index (χ0n) is 6.85. The highest BCUT2D eigenvalue weighted by atomic mass is 79.9. The van der Waals surface area contributed by atoms with Crippen LogP contribution in [0.25, 0.3) is 0 Å². The van der Waals surface area contributed by atoms with E-state index in [0.29, 0.717) is 5.02 Å². The first-order valence-corrected chi connectivity index (χ1v) is 5.70. The van der Waals surface area contributed by atoms with E-state index in [-0.39, 0.29) is 10.6 Å². The van der Waals surface area contributed by atoms with Crippen LogP contribution in [0, 0.1) is 0 Å². The van der Waals surface area contributed by atoms with Crippen molar-refractivity contribution in [3.63, 3.8) is 0 Å². The van der Waals surface area contributed by atoms with Gasteiger partial charge in [0.25, 0.3) is 0 Å². The molecule has 0 saturated carbocycles. The molecule has 1 rings (SSSR count). The van der Waals surface area contributed by atoms with E-state index in [0.717, 1.165) is 10.0 Å². The molecule has 0 aliphatic heterocycles. The molecule has 0 aromatic heterocycles. The van der Waals surface area contributed by atoms with Gasteiger partial charge < -0.3 is 0 Å². The van der Waals surface area contributed by atoms with Crippen molar-refractivity contribution < 1.29 is 4.79 Å². The topological polar surface area (TPSA) is 17.1 Å². The maximum Gasteiger partial charge on any atom is 0.147 e. The Kier molecular flexibility index (Phi) is 3.95. The normalized spacial score (nSPS) is 12.6. The largest absolute Gasteiger partial charge is 0.298 e. The van der Waals surface area contributed by atoms with Gasteiger partial charge in [-0.1, -0.05) is 43.5 Å². The van der Waals surface area contributed by atoms with Crippen LogP contribution in [0.15, 0.2) is 22.7 Å². The van der Waals surface area contributed by atoms with Gasteiger partial charge in [-0.15, -0.1) is 0 Å². The highest BCUT2D eigenvalue weighted by Gasteiger charge is 2.15. The summed E-state index contributed by atoms with van der Waals surface area (Å²) in [6.45, 7) is 1.52. The minimum Gasteiger partial charge on any atom is -0.298 e. The van der Waals surface area contributed by atoms with Crippen molar-refractivity contribution >= 4 is 49.2 Å². The van der Waals surface area contributed by atoms with E-state index < -0.39 is 0 Å². The molecular formula is C9H7Br2ClO. The first kappa shape index (κ1) is 11.2. The molecule has 0 amide bonds. The van der Waals surface area contributed by atoms with Crippen LogP contribution in [0.4, 0.5) is 0 Å². The van der Waals surface area contributed by atoms with E-state index in [1.807, 2.05) is 12.1 Å². The second-order valence-electron chi connectivity index (χ2n) is 2.64. The van der Waals surface area contributed by atoms with Gasteiger partial charge in [-0.3, -0.25) is 4.79 Å². The third-order valence-corrected chi connectivity index (χ3v) is 3.56. The number of carbonyl (C=O) groups excluding carboxylic acids is 1. The van der Waals surface area contributed by atoms with Crippen LogP contribution >= 0.6 is 43.5 Å². The number of hydrogen-bond donors (Lipinski definition) is 0. The highest BCUT2D eigenvalue weighted by molar-refractivity contribution is 9.10. The summed E-state index contributed by atoms with van der Waals surface area (Å²) in [5, 5.41) is 0.597. The minimum absolute atomic E-state index is 0.0417. The lowest BCUT2D eigenvalue weighted by Crippen LogP contribution is -2.01. The van der Waals surface area contributed by atoms with Crippen LogP contribution in [-0.2, 0) is 4.79 Å². The molecule has 0 aliphatic carbocycles. The Balaban J connectivity index is 3.12. The lowest BCUT2D eigenvalue weighted by Gasteiger charge is -2.08. The van der Waals surface area contributed by atoms with Crippen molar-refractivity contribution in [2.45, 2.75) is 11.8 Å². The van der Waals surface area contributed by atoms with E-state index in [9.17, 15) is 4.79 Å². The number of alkyl halides is 1. The third kappa shape index (κ3) is 2.79. The van der Waals surface area contributed by atoms with Gasteiger partial charge in [0.05, 0.1) is 4.83 Å². The minimum atomic E-state index is -0.322. The Morgan fingerprint density at radius 1 is 1.54 bits per heavy atom. The molecule has 1 aromatic carbocycles. The Morgan fingerprint density at radius 3 is 2.69 bits per heavy atom. The number of benzene rings is 1. The Labute approximate surface area is 98.7 Å². The molecule has 0 saturated heterocycles. The van der Waals surface area contributed by atoms with Crippen molar-refractivity contribution in [1.29, 1.82) is 0 Å². The summed E-state index contributed by atoms with van der Waals surface area (Å²) in [5.74, 6) is 0.0417. The zero-order chi connectivity index (χ0) is 10.0. The molecule has 1 atom stereocenters. The molecule has 0 N–H and O–H groups in total. The maximum absolute atomic E-state index is 11.1. The fourth-order valence-corrected chi connectivity index (χ4v) is 2.04. The number of ketones is 1. The first-order valence-electron chi connectivity index (χ1n) is 3.62. The summed E-state index contributed by atoms with van der Waals surface area (Å²) >= 11 is 12.5. The molecule has 13 heavy (non-hydrogen) atoms. The molecular weight excluding hydrogens is 319 g/mol. The summed E-state index contributed by atoms with van der Waals surface area (Å²) in [4.78, 5) is 10.8. The zero-order valence-corrected chi connectivity index (χ0v) is 10.8. The quantitative estimate of drug-likeness (QED) is 0.747. The Morgan fingerprint density at radius 2 is 2.15 bits per heavy atom. The van der Waals surface area contributed by atoms with Crippen LogP contribution in [0.5, 0.6) is 0 Å². The summed E-state index contributed by atoms with van der Waals surface area (Å²) in [6.07, 6.45) is 0. The van der Waals surface area contributed by atoms with Gasteiger partial charge in [0, 0.05) is 9.50 Å². The predicted octanol–water partition coefficient (Wildman–Crippen LogP) is 4.13. The van der Waals surface area contributed by atoms with Crippen molar-refractivity contribution in [3.05, 3.63) is 33.3 Å². The molecule has 0 spiro atoms. The van der Waals surface area contributed by atoms with Gasteiger partial charge in [0.1, 0.15) is 5.78 Å². The molecule has 70 valence electrons. The second kappa shape index (κ2) is 4.58. The predicted molar refractivity (Wildman–Crippen MR) is 61.5 cm³/mol. The first-order chi connectivity index (χ1) is 6.02. The van der Waals surface area contributed by atoms with E-state index >= 15 is 0 Å². The molecule has 0 heterocycles. The van der Waals surface area contributed by atoms with Gasteiger partial charge in [-0.25, -0.2) is 0 Å². The van der Waals surface area contributed by atoms with Gasteiger partial charge in [-0.05, 0) is 30.7 Å².